The van der Waals surface area contributed by atoms with Crippen LogP contribution in [0.1, 0.15) is 18.9 Å². The zero-order valence-electron chi connectivity index (χ0n) is 13.5. The lowest BCUT2D eigenvalue weighted by molar-refractivity contribution is -0.122. The summed E-state index contributed by atoms with van der Waals surface area (Å²) in [5.74, 6) is 0.323. The van der Waals surface area contributed by atoms with Crippen LogP contribution >= 0.6 is 0 Å². The van der Waals surface area contributed by atoms with Crippen molar-refractivity contribution in [1.29, 1.82) is 0 Å². The van der Waals surface area contributed by atoms with Gasteiger partial charge in [-0.05, 0) is 55.3 Å². The Balaban J connectivity index is 2.06. The minimum absolute atomic E-state index is 0.0106. The van der Waals surface area contributed by atoms with Crippen LogP contribution in [0.5, 0.6) is 5.75 Å². The predicted octanol–water partition coefficient (Wildman–Crippen LogP) is 2.44. The molecular formula is C17H20N2O4S. The van der Waals surface area contributed by atoms with Crippen LogP contribution in [0, 0.1) is 6.92 Å². The standard InChI is InChI=1S/C17H20N2O4S/c1-3-16(23-14-6-4-5-12(2)11-14)17(20)19-13-7-9-15(10-8-13)24(18,21)22/h4-11,16H,3H2,1-2H3,(H,19,20)(H2,18,21,22). The number of aryl methyl sites for hydroxylation is 1. The molecule has 2 rings (SSSR count). The number of anilines is 1. The summed E-state index contributed by atoms with van der Waals surface area (Å²) in [6.45, 7) is 3.80. The second-order valence-electron chi connectivity index (χ2n) is 5.39. The van der Waals surface area contributed by atoms with Gasteiger partial charge in [-0.3, -0.25) is 4.79 Å². The number of amides is 1. The van der Waals surface area contributed by atoms with Crippen LogP contribution in [0.3, 0.4) is 0 Å². The molecule has 0 radical (unpaired) electrons. The van der Waals surface area contributed by atoms with Crippen LogP contribution in [-0.2, 0) is 14.8 Å². The first kappa shape index (κ1) is 18.0. The Kier molecular flexibility index (Phi) is 5.58. The van der Waals surface area contributed by atoms with E-state index in [-0.39, 0.29) is 10.8 Å². The van der Waals surface area contributed by atoms with Crippen LogP contribution in [-0.4, -0.2) is 20.4 Å². The average molecular weight is 348 g/mol. The number of ether oxygens (including phenoxy) is 1. The van der Waals surface area contributed by atoms with Crippen LogP contribution in [0.2, 0.25) is 0 Å². The molecule has 7 heteroatoms. The molecule has 0 fully saturated rings. The van der Waals surface area contributed by atoms with Crippen molar-refractivity contribution in [3.63, 3.8) is 0 Å². The Bertz CT molecular complexity index is 817. The predicted molar refractivity (Wildman–Crippen MR) is 92.3 cm³/mol. The van der Waals surface area contributed by atoms with Crippen LogP contribution in [0.25, 0.3) is 0 Å². The van der Waals surface area contributed by atoms with Gasteiger partial charge in [0.05, 0.1) is 4.90 Å². The minimum atomic E-state index is -3.75. The summed E-state index contributed by atoms with van der Waals surface area (Å²) in [5.41, 5.74) is 1.51. The molecule has 1 unspecified atom stereocenters. The molecule has 6 nitrogen and oxygen atoms in total. The highest BCUT2D eigenvalue weighted by molar-refractivity contribution is 7.89. The summed E-state index contributed by atoms with van der Waals surface area (Å²) in [4.78, 5) is 12.3. The van der Waals surface area contributed by atoms with Gasteiger partial charge >= 0.3 is 0 Å². The maximum atomic E-state index is 12.3. The van der Waals surface area contributed by atoms with E-state index >= 15 is 0 Å². The molecule has 0 aliphatic rings. The van der Waals surface area contributed by atoms with Gasteiger partial charge in [0.15, 0.2) is 6.10 Å². The average Bonchev–Trinajstić information content (AvgIpc) is 2.52. The van der Waals surface area contributed by atoms with E-state index in [9.17, 15) is 13.2 Å². The zero-order chi connectivity index (χ0) is 17.7. The number of carbonyl (C=O) groups excluding carboxylic acids is 1. The number of benzene rings is 2. The van der Waals surface area contributed by atoms with Gasteiger partial charge in [-0.2, -0.15) is 0 Å². The first-order valence-corrected chi connectivity index (χ1v) is 9.01. The fourth-order valence-electron chi connectivity index (χ4n) is 2.13. The highest BCUT2D eigenvalue weighted by Crippen LogP contribution is 2.17. The molecule has 1 amide bonds. The van der Waals surface area contributed by atoms with E-state index < -0.39 is 16.1 Å². The first-order valence-electron chi connectivity index (χ1n) is 7.46. The van der Waals surface area contributed by atoms with Gasteiger partial charge in [0.2, 0.25) is 10.0 Å². The van der Waals surface area contributed by atoms with E-state index in [1.165, 1.54) is 24.3 Å². The topological polar surface area (TPSA) is 98.5 Å². The van der Waals surface area contributed by atoms with Gasteiger partial charge in [0.1, 0.15) is 5.75 Å². The molecule has 0 bridgehead atoms. The van der Waals surface area contributed by atoms with Gasteiger partial charge in [0.25, 0.3) is 5.91 Å². The Hall–Kier alpha value is -2.38. The lowest BCUT2D eigenvalue weighted by Crippen LogP contribution is -2.32. The lowest BCUT2D eigenvalue weighted by atomic mass is 10.2. The van der Waals surface area contributed by atoms with E-state index in [0.29, 0.717) is 17.9 Å². The fraction of sp³-hybridized carbons (Fsp3) is 0.235. The third-order valence-corrected chi connectivity index (χ3v) is 4.31. The summed E-state index contributed by atoms with van der Waals surface area (Å²) < 4.78 is 28.2. The van der Waals surface area contributed by atoms with Crippen molar-refractivity contribution < 1.29 is 17.9 Å². The first-order chi connectivity index (χ1) is 11.3. The van der Waals surface area contributed by atoms with Crippen LogP contribution < -0.4 is 15.2 Å². The number of hydrogen-bond donors (Lipinski definition) is 2. The molecule has 0 saturated carbocycles. The van der Waals surface area contributed by atoms with Crippen molar-refractivity contribution in [3.8, 4) is 5.75 Å². The monoisotopic (exact) mass is 348 g/mol. The van der Waals surface area contributed by atoms with Gasteiger partial charge in [-0.15, -0.1) is 0 Å². The highest BCUT2D eigenvalue weighted by Gasteiger charge is 2.19. The second-order valence-corrected chi connectivity index (χ2v) is 6.95. The second kappa shape index (κ2) is 7.46. The number of nitrogens with two attached hydrogens (primary N) is 1. The summed E-state index contributed by atoms with van der Waals surface area (Å²) in [6, 6.07) is 13.1. The molecule has 0 saturated heterocycles. The molecule has 0 aliphatic heterocycles. The molecule has 0 aliphatic carbocycles. The minimum Gasteiger partial charge on any atom is -0.481 e. The molecule has 2 aromatic carbocycles. The number of nitrogens with one attached hydrogen (secondary N) is 1. The third kappa shape index (κ3) is 4.81. The maximum Gasteiger partial charge on any atom is 0.265 e. The number of hydrogen-bond acceptors (Lipinski definition) is 4. The molecule has 0 heterocycles. The Morgan fingerprint density at radius 1 is 1.21 bits per heavy atom. The molecule has 0 aromatic heterocycles. The molecule has 2 aromatic rings. The van der Waals surface area contributed by atoms with Crippen molar-refractivity contribution in [1.82, 2.24) is 0 Å². The maximum absolute atomic E-state index is 12.3. The summed E-state index contributed by atoms with van der Waals surface area (Å²) in [5, 5.41) is 7.75. The zero-order valence-corrected chi connectivity index (χ0v) is 14.3. The lowest BCUT2D eigenvalue weighted by Gasteiger charge is -2.17. The van der Waals surface area contributed by atoms with E-state index in [2.05, 4.69) is 5.32 Å². The van der Waals surface area contributed by atoms with Gasteiger partial charge < -0.3 is 10.1 Å². The molecule has 3 N–H and O–H groups in total. The number of sulfonamides is 1. The molecule has 0 spiro atoms. The number of rotatable bonds is 6. The third-order valence-electron chi connectivity index (χ3n) is 3.38. The van der Waals surface area contributed by atoms with Crippen molar-refractivity contribution in [2.24, 2.45) is 5.14 Å². The Morgan fingerprint density at radius 3 is 2.42 bits per heavy atom. The number of primary sulfonamides is 1. The van der Waals surface area contributed by atoms with E-state index in [1.54, 1.807) is 6.07 Å². The number of carbonyl (C=O) groups is 1. The van der Waals surface area contributed by atoms with Gasteiger partial charge in [-0.25, -0.2) is 13.6 Å². The van der Waals surface area contributed by atoms with E-state index in [4.69, 9.17) is 9.88 Å². The quantitative estimate of drug-likeness (QED) is 0.837. The van der Waals surface area contributed by atoms with Gasteiger partial charge in [0, 0.05) is 5.69 Å². The van der Waals surface area contributed by atoms with Crippen molar-refractivity contribution in [3.05, 3.63) is 54.1 Å². The Labute approximate surface area is 141 Å². The summed E-state index contributed by atoms with van der Waals surface area (Å²) in [6.07, 6.45) is -0.153. The Morgan fingerprint density at radius 2 is 1.88 bits per heavy atom. The fourth-order valence-corrected chi connectivity index (χ4v) is 2.64. The van der Waals surface area contributed by atoms with Crippen molar-refractivity contribution in [2.75, 3.05) is 5.32 Å². The van der Waals surface area contributed by atoms with E-state index in [0.717, 1.165) is 5.56 Å². The van der Waals surface area contributed by atoms with Crippen molar-refractivity contribution in [2.45, 2.75) is 31.3 Å². The smallest absolute Gasteiger partial charge is 0.265 e. The summed E-state index contributed by atoms with van der Waals surface area (Å²) in [7, 11) is -3.75. The SMILES string of the molecule is CCC(Oc1cccc(C)c1)C(=O)Nc1ccc(S(N)(=O)=O)cc1. The largest absolute Gasteiger partial charge is 0.481 e. The summed E-state index contributed by atoms with van der Waals surface area (Å²) >= 11 is 0. The molecule has 24 heavy (non-hydrogen) atoms. The van der Waals surface area contributed by atoms with Crippen molar-refractivity contribution >= 4 is 21.6 Å². The van der Waals surface area contributed by atoms with Crippen LogP contribution in [0.15, 0.2) is 53.4 Å². The van der Waals surface area contributed by atoms with Crippen LogP contribution in [0.4, 0.5) is 5.69 Å². The molecule has 1 atom stereocenters. The normalized spacial score (nSPS) is 12.5. The molecule has 128 valence electrons. The molecular weight excluding hydrogens is 328 g/mol. The van der Waals surface area contributed by atoms with E-state index in [1.807, 2.05) is 32.0 Å². The highest BCUT2D eigenvalue weighted by atomic mass is 32.2. The van der Waals surface area contributed by atoms with Gasteiger partial charge in [-0.1, -0.05) is 19.1 Å².